The fourth-order valence-corrected chi connectivity index (χ4v) is 2.87. The van der Waals surface area contributed by atoms with E-state index in [0.717, 1.165) is 18.8 Å². The molecule has 0 aromatic carbocycles. The summed E-state index contributed by atoms with van der Waals surface area (Å²) in [6.07, 6.45) is 20.4. The van der Waals surface area contributed by atoms with Gasteiger partial charge >= 0.3 is 5.97 Å². The molecule has 0 spiro atoms. The van der Waals surface area contributed by atoms with Gasteiger partial charge in [0.25, 0.3) is 0 Å². The van der Waals surface area contributed by atoms with E-state index in [1.807, 2.05) is 0 Å². The summed E-state index contributed by atoms with van der Waals surface area (Å²) in [5.74, 6) is 0.210. The summed E-state index contributed by atoms with van der Waals surface area (Å²) in [5, 5.41) is 8.52. The Hall–Kier alpha value is -0.790. The van der Waals surface area contributed by atoms with Crippen LogP contribution in [0, 0.1) is 5.92 Å². The van der Waals surface area contributed by atoms with Crippen molar-refractivity contribution in [2.24, 2.45) is 5.92 Å². The highest BCUT2D eigenvalue weighted by Gasteiger charge is 2.07. The summed E-state index contributed by atoms with van der Waals surface area (Å²) in [5.41, 5.74) is 0. The number of allylic oxidation sites excluding steroid dienone is 2. The lowest BCUT2D eigenvalue weighted by molar-refractivity contribution is -0.137. The van der Waals surface area contributed by atoms with Gasteiger partial charge in [0, 0.05) is 6.42 Å². The number of rotatable bonds is 11. The Bertz CT molecular complexity index is 258. The number of hydrogen-bond acceptors (Lipinski definition) is 1. The summed E-state index contributed by atoms with van der Waals surface area (Å²) in [4.78, 5) is 10.3. The number of aliphatic carboxylic acids is 1. The van der Waals surface area contributed by atoms with Gasteiger partial charge in [-0.05, 0) is 38.0 Å². The quantitative estimate of drug-likeness (QED) is 0.405. The highest BCUT2D eigenvalue weighted by Crippen LogP contribution is 2.22. The summed E-state index contributed by atoms with van der Waals surface area (Å²) >= 11 is 0. The fourth-order valence-electron chi connectivity index (χ4n) is 2.87. The molecule has 0 aromatic rings. The second kappa shape index (κ2) is 11.1. The molecule has 0 heterocycles. The molecule has 2 nitrogen and oxygen atoms in total. The van der Waals surface area contributed by atoms with Gasteiger partial charge in [-0.1, -0.05) is 57.1 Å². The maximum Gasteiger partial charge on any atom is 0.303 e. The van der Waals surface area contributed by atoms with E-state index in [0.29, 0.717) is 6.42 Å². The zero-order chi connectivity index (χ0) is 13.8. The van der Waals surface area contributed by atoms with Crippen LogP contribution >= 0.6 is 0 Å². The molecule has 0 aromatic heterocycles. The van der Waals surface area contributed by atoms with Crippen LogP contribution in [0.5, 0.6) is 0 Å². The van der Waals surface area contributed by atoms with E-state index in [1.165, 1.54) is 64.2 Å². The summed E-state index contributed by atoms with van der Waals surface area (Å²) in [6.45, 7) is 0. The van der Waals surface area contributed by atoms with Gasteiger partial charge in [-0.2, -0.15) is 0 Å². The van der Waals surface area contributed by atoms with E-state index in [1.54, 1.807) is 0 Å². The molecule has 2 heteroatoms. The first-order valence-electron chi connectivity index (χ1n) is 8.17. The van der Waals surface area contributed by atoms with Gasteiger partial charge in [0.15, 0.2) is 0 Å². The predicted molar refractivity (Wildman–Crippen MR) is 80.3 cm³/mol. The Morgan fingerprint density at radius 1 is 1.00 bits per heavy atom. The van der Waals surface area contributed by atoms with Gasteiger partial charge in [0.05, 0.1) is 0 Å². The molecule has 1 aliphatic rings. The van der Waals surface area contributed by atoms with Crippen LogP contribution in [-0.2, 0) is 4.79 Å². The Kier molecular flexibility index (Phi) is 9.48. The van der Waals surface area contributed by atoms with Crippen molar-refractivity contribution < 1.29 is 9.90 Å². The van der Waals surface area contributed by atoms with Gasteiger partial charge in [0.1, 0.15) is 0 Å². The second-order valence-corrected chi connectivity index (χ2v) is 5.88. The van der Waals surface area contributed by atoms with Gasteiger partial charge in [0.2, 0.25) is 0 Å². The van der Waals surface area contributed by atoms with E-state index in [4.69, 9.17) is 5.11 Å². The number of unbranched alkanes of at least 4 members (excludes halogenated alkanes) is 7. The third kappa shape index (κ3) is 9.75. The predicted octanol–water partition coefficient (Wildman–Crippen LogP) is 5.33. The third-order valence-corrected chi connectivity index (χ3v) is 4.07. The topological polar surface area (TPSA) is 37.3 Å². The molecule has 19 heavy (non-hydrogen) atoms. The largest absolute Gasteiger partial charge is 0.481 e. The Labute approximate surface area is 118 Å². The molecule has 0 saturated carbocycles. The molecule has 0 unspecified atom stereocenters. The number of hydrogen-bond donors (Lipinski definition) is 1. The monoisotopic (exact) mass is 266 g/mol. The molecule has 0 radical (unpaired) electrons. The van der Waals surface area contributed by atoms with Crippen LogP contribution in [0.1, 0.15) is 83.5 Å². The van der Waals surface area contributed by atoms with Crippen LogP contribution < -0.4 is 0 Å². The number of carbonyl (C=O) groups is 1. The third-order valence-electron chi connectivity index (χ3n) is 4.07. The average molecular weight is 266 g/mol. The normalized spacial score (nSPS) is 18.6. The lowest BCUT2D eigenvalue weighted by Crippen LogP contribution is -2.00. The molecule has 1 N–H and O–H groups in total. The van der Waals surface area contributed by atoms with E-state index < -0.39 is 5.97 Å². The van der Waals surface area contributed by atoms with E-state index in [2.05, 4.69) is 12.2 Å². The van der Waals surface area contributed by atoms with Crippen molar-refractivity contribution in [2.75, 3.05) is 0 Å². The maximum absolute atomic E-state index is 10.3. The Morgan fingerprint density at radius 3 is 2.21 bits per heavy atom. The molecule has 0 fully saturated rings. The minimum atomic E-state index is -0.656. The fraction of sp³-hybridized carbons (Fsp3) is 0.824. The molecule has 0 bridgehead atoms. The lowest BCUT2D eigenvalue weighted by Gasteiger charge is -2.15. The van der Waals surface area contributed by atoms with Crippen LogP contribution in [0.15, 0.2) is 12.2 Å². The molecule has 1 rings (SSSR count). The summed E-state index contributed by atoms with van der Waals surface area (Å²) in [7, 11) is 0. The van der Waals surface area contributed by atoms with Crippen molar-refractivity contribution in [3.8, 4) is 0 Å². The smallest absolute Gasteiger partial charge is 0.303 e. The van der Waals surface area contributed by atoms with E-state index in [9.17, 15) is 4.79 Å². The van der Waals surface area contributed by atoms with Crippen molar-refractivity contribution >= 4 is 5.97 Å². The van der Waals surface area contributed by atoms with Crippen molar-refractivity contribution in [3.05, 3.63) is 12.2 Å². The maximum atomic E-state index is 10.3. The van der Waals surface area contributed by atoms with Gasteiger partial charge in [-0.25, -0.2) is 0 Å². The Balaban J connectivity index is 1.77. The average Bonchev–Trinajstić information content (AvgIpc) is 2.42. The zero-order valence-corrected chi connectivity index (χ0v) is 12.3. The second-order valence-electron chi connectivity index (χ2n) is 5.88. The highest BCUT2D eigenvalue weighted by atomic mass is 16.4. The Morgan fingerprint density at radius 2 is 1.63 bits per heavy atom. The van der Waals surface area contributed by atoms with Gasteiger partial charge in [-0.3, -0.25) is 4.79 Å². The van der Waals surface area contributed by atoms with Gasteiger partial charge in [-0.15, -0.1) is 0 Å². The van der Waals surface area contributed by atoms with Crippen molar-refractivity contribution in [2.45, 2.75) is 83.5 Å². The van der Waals surface area contributed by atoms with Crippen LogP contribution in [0.2, 0.25) is 0 Å². The van der Waals surface area contributed by atoms with Crippen molar-refractivity contribution in [1.29, 1.82) is 0 Å². The van der Waals surface area contributed by atoms with Crippen LogP contribution in [0.3, 0.4) is 0 Å². The van der Waals surface area contributed by atoms with Crippen LogP contribution in [0.4, 0.5) is 0 Å². The molecular formula is C17H30O2. The van der Waals surface area contributed by atoms with Crippen molar-refractivity contribution in [3.63, 3.8) is 0 Å². The molecule has 1 aliphatic carbocycles. The zero-order valence-electron chi connectivity index (χ0n) is 12.3. The molecule has 1 atom stereocenters. The van der Waals surface area contributed by atoms with E-state index >= 15 is 0 Å². The van der Waals surface area contributed by atoms with Crippen LogP contribution in [0.25, 0.3) is 0 Å². The first-order valence-corrected chi connectivity index (χ1v) is 8.17. The SMILES string of the molecule is O=C(O)CCCCCCCCCC[C@@H]1C=CCCC1. The summed E-state index contributed by atoms with van der Waals surface area (Å²) < 4.78 is 0. The first kappa shape index (κ1) is 16.3. The molecule has 0 saturated heterocycles. The van der Waals surface area contributed by atoms with Gasteiger partial charge < -0.3 is 5.11 Å². The highest BCUT2D eigenvalue weighted by molar-refractivity contribution is 5.66. The summed E-state index contributed by atoms with van der Waals surface area (Å²) in [6, 6.07) is 0. The lowest BCUT2D eigenvalue weighted by atomic mass is 9.91. The molecular weight excluding hydrogens is 236 g/mol. The molecule has 0 amide bonds. The minimum Gasteiger partial charge on any atom is -0.481 e. The standard InChI is InChI=1S/C17H30O2/c18-17(19)15-11-6-4-2-1-3-5-8-12-16-13-9-7-10-14-16/h9,13,16H,1-8,10-12,14-15H2,(H,18,19)/t16-/m1/s1. The molecule has 110 valence electrons. The number of carboxylic acid groups (broad SMARTS) is 1. The number of carboxylic acids is 1. The minimum absolute atomic E-state index is 0.342. The first-order chi connectivity index (χ1) is 9.29. The van der Waals surface area contributed by atoms with Crippen LogP contribution in [-0.4, -0.2) is 11.1 Å². The molecule has 0 aliphatic heterocycles. The van der Waals surface area contributed by atoms with Crippen molar-refractivity contribution in [1.82, 2.24) is 0 Å². The van der Waals surface area contributed by atoms with E-state index in [-0.39, 0.29) is 0 Å².